The predicted octanol–water partition coefficient (Wildman–Crippen LogP) is -0.738. The van der Waals surface area contributed by atoms with E-state index in [1.807, 2.05) is 0 Å². The van der Waals surface area contributed by atoms with Gasteiger partial charge in [0.05, 0.1) is 26.2 Å². The number of esters is 1. The Morgan fingerprint density at radius 2 is 2.38 bits per heavy atom. The average molecular weight is 316 g/mol. The lowest BCUT2D eigenvalue weighted by Gasteiger charge is -2.15. The van der Waals surface area contributed by atoms with Gasteiger partial charge < -0.3 is 19.7 Å². The van der Waals surface area contributed by atoms with Gasteiger partial charge in [-0.2, -0.15) is 0 Å². The lowest BCUT2D eigenvalue weighted by atomic mass is 10.2. The molecule has 8 nitrogen and oxygen atoms in total. The lowest BCUT2D eigenvalue weighted by molar-refractivity contribution is -0.139. The first kappa shape index (κ1) is 15.8. The van der Waals surface area contributed by atoms with Gasteiger partial charge in [0.25, 0.3) is 0 Å². The maximum Gasteiger partial charge on any atom is 0.328 e. The van der Waals surface area contributed by atoms with E-state index in [9.17, 15) is 14.7 Å². The number of ether oxygens (including phenoxy) is 2. The molecule has 0 radical (unpaired) electrons. The van der Waals surface area contributed by atoms with Gasteiger partial charge in [-0.15, -0.1) is 0 Å². The summed E-state index contributed by atoms with van der Waals surface area (Å²) in [5.74, 6) is -0.486. The normalized spacial score (nSPS) is 25.0. The number of nitrogens with zero attached hydrogens (tertiary/aromatic N) is 1. The number of nitrogens with one attached hydrogen (secondary N) is 1. The SMILES string of the molecule is COC(=O)Cc1cn([C@H]2C[C@H](O)[C@@H](CO)O2)c(=O)[nH]c1=S. The molecule has 0 amide bonds. The quantitative estimate of drug-likeness (QED) is 0.495. The summed E-state index contributed by atoms with van der Waals surface area (Å²) in [4.78, 5) is 25.7. The second-order valence-electron chi connectivity index (χ2n) is 4.69. The van der Waals surface area contributed by atoms with Crippen LogP contribution in [-0.4, -0.2) is 51.7 Å². The smallest absolute Gasteiger partial charge is 0.328 e. The molecule has 1 aromatic rings. The number of aromatic amines is 1. The Morgan fingerprint density at radius 3 is 2.95 bits per heavy atom. The van der Waals surface area contributed by atoms with Crippen molar-refractivity contribution in [2.75, 3.05) is 13.7 Å². The van der Waals surface area contributed by atoms with E-state index >= 15 is 0 Å². The first-order chi connectivity index (χ1) is 9.96. The van der Waals surface area contributed by atoms with Gasteiger partial charge in [0.15, 0.2) is 0 Å². The van der Waals surface area contributed by atoms with Crippen molar-refractivity contribution in [3.8, 4) is 0 Å². The zero-order chi connectivity index (χ0) is 15.6. The van der Waals surface area contributed by atoms with Crippen molar-refractivity contribution in [1.82, 2.24) is 9.55 Å². The molecule has 1 aliphatic rings. The molecule has 3 atom stereocenters. The summed E-state index contributed by atoms with van der Waals surface area (Å²) in [5.41, 5.74) is -0.0913. The highest BCUT2D eigenvalue weighted by Crippen LogP contribution is 2.27. The Kier molecular flexibility index (Phi) is 4.88. The highest BCUT2D eigenvalue weighted by Gasteiger charge is 2.35. The number of carbonyl (C=O) groups excluding carboxylic acids is 1. The summed E-state index contributed by atoms with van der Waals surface area (Å²) < 4.78 is 11.3. The molecule has 1 aromatic heterocycles. The molecule has 0 unspecified atom stereocenters. The second-order valence-corrected chi connectivity index (χ2v) is 5.10. The summed E-state index contributed by atoms with van der Waals surface area (Å²) in [6.07, 6.45) is -0.839. The molecule has 0 spiro atoms. The highest BCUT2D eigenvalue weighted by molar-refractivity contribution is 7.71. The van der Waals surface area contributed by atoms with Crippen LogP contribution in [0, 0.1) is 4.64 Å². The predicted molar refractivity (Wildman–Crippen MR) is 73.2 cm³/mol. The topological polar surface area (TPSA) is 114 Å². The van der Waals surface area contributed by atoms with E-state index < -0.39 is 30.1 Å². The van der Waals surface area contributed by atoms with Crippen LogP contribution in [0.1, 0.15) is 18.2 Å². The molecule has 1 fully saturated rings. The zero-order valence-electron chi connectivity index (χ0n) is 11.3. The number of rotatable bonds is 4. The Balaban J connectivity index is 2.32. The number of aliphatic hydroxyl groups excluding tert-OH is 2. The van der Waals surface area contributed by atoms with Crippen LogP contribution in [-0.2, 0) is 20.7 Å². The van der Waals surface area contributed by atoms with E-state index in [2.05, 4.69) is 9.72 Å². The van der Waals surface area contributed by atoms with Crippen molar-refractivity contribution in [1.29, 1.82) is 0 Å². The van der Waals surface area contributed by atoms with Crippen molar-refractivity contribution >= 4 is 18.2 Å². The van der Waals surface area contributed by atoms with Crippen LogP contribution in [0.5, 0.6) is 0 Å². The number of aromatic nitrogens is 2. The van der Waals surface area contributed by atoms with Crippen LogP contribution in [0.15, 0.2) is 11.0 Å². The van der Waals surface area contributed by atoms with Crippen LogP contribution in [0.2, 0.25) is 0 Å². The van der Waals surface area contributed by atoms with E-state index in [0.717, 1.165) is 0 Å². The Hall–Kier alpha value is -1.55. The molecule has 0 aliphatic carbocycles. The van der Waals surface area contributed by atoms with E-state index in [0.29, 0.717) is 5.56 Å². The first-order valence-corrected chi connectivity index (χ1v) is 6.72. The molecule has 0 saturated carbocycles. The van der Waals surface area contributed by atoms with Crippen molar-refractivity contribution in [2.45, 2.75) is 31.3 Å². The molecular formula is C12H16N2O6S. The van der Waals surface area contributed by atoms with Gasteiger partial charge in [-0.25, -0.2) is 4.79 Å². The Labute approximate surface area is 124 Å². The third kappa shape index (κ3) is 3.38. The molecule has 3 N–H and O–H groups in total. The van der Waals surface area contributed by atoms with Crippen LogP contribution < -0.4 is 5.69 Å². The minimum absolute atomic E-state index is 0.0786. The van der Waals surface area contributed by atoms with Crippen LogP contribution in [0.4, 0.5) is 0 Å². The fourth-order valence-corrected chi connectivity index (χ4v) is 2.36. The minimum atomic E-state index is -0.862. The number of hydrogen-bond donors (Lipinski definition) is 3. The monoisotopic (exact) mass is 316 g/mol. The largest absolute Gasteiger partial charge is 0.469 e. The number of H-pyrrole nitrogens is 1. The maximum atomic E-state index is 11.9. The third-order valence-electron chi connectivity index (χ3n) is 3.30. The van der Waals surface area contributed by atoms with Crippen molar-refractivity contribution in [2.24, 2.45) is 0 Å². The summed E-state index contributed by atoms with van der Waals surface area (Å²) in [6.45, 7) is -0.343. The molecule has 9 heteroatoms. The van der Waals surface area contributed by atoms with Crippen LogP contribution in [0.25, 0.3) is 0 Å². The third-order valence-corrected chi connectivity index (χ3v) is 3.66. The lowest BCUT2D eigenvalue weighted by Crippen LogP contribution is -2.28. The first-order valence-electron chi connectivity index (χ1n) is 6.31. The van der Waals surface area contributed by atoms with E-state index in [1.165, 1.54) is 17.9 Å². The zero-order valence-corrected chi connectivity index (χ0v) is 12.1. The van der Waals surface area contributed by atoms with Crippen LogP contribution in [0.3, 0.4) is 0 Å². The molecule has 0 aromatic carbocycles. The molecule has 21 heavy (non-hydrogen) atoms. The molecule has 1 saturated heterocycles. The fourth-order valence-electron chi connectivity index (χ4n) is 2.14. The van der Waals surface area contributed by atoms with Gasteiger partial charge in [-0.3, -0.25) is 14.3 Å². The standard InChI is InChI=1S/C12H16N2O6S/c1-19-10(17)2-6-4-14(12(18)13-11(6)21)9-3-7(16)8(5-15)20-9/h4,7-9,15-16H,2-3,5H2,1H3,(H,13,18,21)/t7-,8+,9+/m0/s1. The van der Waals surface area contributed by atoms with Crippen molar-refractivity contribution in [3.63, 3.8) is 0 Å². The molecule has 116 valence electrons. The Morgan fingerprint density at radius 1 is 1.67 bits per heavy atom. The second kappa shape index (κ2) is 6.48. The van der Waals surface area contributed by atoms with E-state index in [-0.39, 0.29) is 24.1 Å². The van der Waals surface area contributed by atoms with Crippen molar-refractivity contribution < 1.29 is 24.5 Å². The van der Waals surface area contributed by atoms with Crippen molar-refractivity contribution in [3.05, 3.63) is 26.9 Å². The van der Waals surface area contributed by atoms with E-state index in [4.69, 9.17) is 22.1 Å². The molecule has 1 aliphatic heterocycles. The molecular weight excluding hydrogens is 300 g/mol. The number of hydrogen-bond acceptors (Lipinski definition) is 7. The maximum absolute atomic E-state index is 11.9. The van der Waals surface area contributed by atoms with Gasteiger partial charge in [-0.1, -0.05) is 12.2 Å². The van der Waals surface area contributed by atoms with Gasteiger partial charge in [-0.05, 0) is 0 Å². The summed E-state index contributed by atoms with van der Waals surface area (Å²) >= 11 is 5.00. The molecule has 0 bridgehead atoms. The van der Waals surface area contributed by atoms with Gasteiger partial charge >= 0.3 is 11.7 Å². The number of methoxy groups -OCH3 is 1. The van der Waals surface area contributed by atoms with E-state index in [1.54, 1.807) is 0 Å². The number of carbonyl (C=O) groups is 1. The minimum Gasteiger partial charge on any atom is -0.469 e. The fraction of sp³-hybridized carbons (Fsp3) is 0.583. The molecule has 2 rings (SSSR count). The van der Waals surface area contributed by atoms with Gasteiger partial charge in [0, 0.05) is 18.2 Å². The average Bonchev–Trinajstić information content (AvgIpc) is 2.82. The summed E-state index contributed by atoms with van der Waals surface area (Å²) in [6, 6.07) is 0. The Bertz CT molecular complexity index is 639. The number of aliphatic hydroxyl groups is 2. The van der Waals surface area contributed by atoms with Gasteiger partial charge in [0.2, 0.25) is 0 Å². The summed E-state index contributed by atoms with van der Waals surface area (Å²) in [7, 11) is 1.26. The summed E-state index contributed by atoms with van der Waals surface area (Å²) in [5, 5.41) is 18.8. The highest BCUT2D eigenvalue weighted by atomic mass is 32.1. The van der Waals surface area contributed by atoms with Crippen LogP contribution >= 0.6 is 12.2 Å². The molecule has 2 heterocycles. The van der Waals surface area contributed by atoms with Gasteiger partial charge in [0.1, 0.15) is 17.0 Å².